The van der Waals surface area contributed by atoms with Crippen LogP contribution in [0.1, 0.15) is 31.7 Å². The van der Waals surface area contributed by atoms with Crippen molar-refractivity contribution in [3.8, 4) is 0 Å². The number of guanidine groups is 1. The fourth-order valence-corrected chi connectivity index (χ4v) is 2.04. The monoisotopic (exact) mass is 359 g/mol. The third kappa shape index (κ3) is 4.15. The lowest BCUT2D eigenvalue weighted by molar-refractivity contribution is 0.695. The van der Waals surface area contributed by atoms with Crippen LogP contribution in [0.4, 0.5) is 0 Å². The van der Waals surface area contributed by atoms with Crippen LogP contribution in [0.25, 0.3) is 0 Å². The number of benzene rings is 1. The molecule has 0 bridgehead atoms. The smallest absolute Gasteiger partial charge is 0.191 e. The predicted octanol–water partition coefficient (Wildman–Crippen LogP) is 2.73. The van der Waals surface area contributed by atoms with Gasteiger partial charge in [0.2, 0.25) is 0 Å². The lowest BCUT2D eigenvalue weighted by Crippen LogP contribution is -2.42. The molecule has 0 aromatic heterocycles. The Labute approximate surface area is 126 Å². The molecule has 0 heterocycles. The molecule has 1 aromatic carbocycles. The first kappa shape index (κ1) is 15.3. The van der Waals surface area contributed by atoms with Gasteiger partial charge in [-0.05, 0) is 25.8 Å². The number of hydrogen-bond acceptors (Lipinski definition) is 1. The highest BCUT2D eigenvalue weighted by molar-refractivity contribution is 14.0. The number of nitrogens with zero attached hydrogens (tertiary/aromatic N) is 1. The number of hydrogen-bond donors (Lipinski definition) is 2. The summed E-state index contributed by atoms with van der Waals surface area (Å²) in [6.07, 6.45) is 1.20. The van der Waals surface area contributed by atoms with E-state index in [0.29, 0.717) is 18.0 Å². The Morgan fingerprint density at radius 2 is 1.94 bits per heavy atom. The third-order valence-electron chi connectivity index (χ3n) is 2.99. The normalized spacial score (nSPS) is 22.3. The Kier molecular flexibility index (Phi) is 5.91. The molecule has 0 saturated heterocycles. The van der Waals surface area contributed by atoms with Crippen molar-refractivity contribution in [2.45, 2.75) is 38.3 Å². The van der Waals surface area contributed by atoms with Gasteiger partial charge in [-0.2, -0.15) is 0 Å². The molecular weight excluding hydrogens is 337 g/mol. The minimum absolute atomic E-state index is 0. The van der Waals surface area contributed by atoms with Crippen LogP contribution in [-0.4, -0.2) is 25.1 Å². The van der Waals surface area contributed by atoms with Crippen molar-refractivity contribution >= 4 is 29.9 Å². The summed E-state index contributed by atoms with van der Waals surface area (Å²) in [6.45, 7) is 4.24. The lowest BCUT2D eigenvalue weighted by atomic mass is 10.1. The molecule has 0 radical (unpaired) electrons. The van der Waals surface area contributed by atoms with Crippen LogP contribution in [0.15, 0.2) is 35.3 Å². The summed E-state index contributed by atoms with van der Waals surface area (Å²) in [7, 11) is 1.82. The highest BCUT2D eigenvalue weighted by atomic mass is 127. The topological polar surface area (TPSA) is 36.4 Å². The van der Waals surface area contributed by atoms with Crippen molar-refractivity contribution in [2.24, 2.45) is 4.99 Å². The summed E-state index contributed by atoms with van der Waals surface area (Å²) < 4.78 is 0. The van der Waals surface area contributed by atoms with Crippen molar-refractivity contribution in [2.75, 3.05) is 7.05 Å². The molecule has 4 heteroatoms. The summed E-state index contributed by atoms with van der Waals surface area (Å²) >= 11 is 0. The van der Waals surface area contributed by atoms with E-state index < -0.39 is 0 Å². The fraction of sp³-hybridized carbons (Fsp3) is 0.500. The van der Waals surface area contributed by atoms with Gasteiger partial charge in [0.15, 0.2) is 5.96 Å². The van der Waals surface area contributed by atoms with Gasteiger partial charge in [0, 0.05) is 25.0 Å². The van der Waals surface area contributed by atoms with Gasteiger partial charge in [-0.25, -0.2) is 0 Å². The molecule has 1 fully saturated rings. The number of rotatable bonds is 3. The van der Waals surface area contributed by atoms with Crippen LogP contribution in [0.2, 0.25) is 0 Å². The van der Waals surface area contributed by atoms with Gasteiger partial charge >= 0.3 is 0 Å². The van der Waals surface area contributed by atoms with E-state index in [9.17, 15) is 0 Å². The Morgan fingerprint density at radius 3 is 2.50 bits per heavy atom. The van der Waals surface area contributed by atoms with Gasteiger partial charge in [0.25, 0.3) is 0 Å². The van der Waals surface area contributed by atoms with Crippen molar-refractivity contribution in [1.82, 2.24) is 10.6 Å². The molecule has 100 valence electrons. The first-order valence-electron chi connectivity index (χ1n) is 6.25. The van der Waals surface area contributed by atoms with E-state index >= 15 is 0 Å². The quantitative estimate of drug-likeness (QED) is 0.495. The van der Waals surface area contributed by atoms with E-state index in [1.807, 2.05) is 7.05 Å². The second-order valence-corrected chi connectivity index (χ2v) is 4.87. The maximum atomic E-state index is 4.23. The highest BCUT2D eigenvalue weighted by Gasteiger charge is 2.38. The molecule has 18 heavy (non-hydrogen) atoms. The van der Waals surface area contributed by atoms with Gasteiger partial charge in [-0.15, -0.1) is 24.0 Å². The molecule has 0 aliphatic heterocycles. The summed E-state index contributed by atoms with van der Waals surface area (Å²) in [6, 6.07) is 11.6. The van der Waals surface area contributed by atoms with Crippen LogP contribution in [0, 0.1) is 0 Å². The molecule has 1 aliphatic rings. The Balaban J connectivity index is 0.00000162. The van der Waals surface area contributed by atoms with Crippen LogP contribution >= 0.6 is 24.0 Å². The maximum absolute atomic E-state index is 4.23. The minimum atomic E-state index is 0. The van der Waals surface area contributed by atoms with E-state index in [1.165, 1.54) is 12.0 Å². The van der Waals surface area contributed by atoms with Gasteiger partial charge < -0.3 is 10.6 Å². The maximum Gasteiger partial charge on any atom is 0.191 e. The SMILES string of the molecule is CN=C(NC(C)C)NC1CC1c1ccccc1.I. The van der Waals surface area contributed by atoms with Crippen molar-refractivity contribution in [3.05, 3.63) is 35.9 Å². The number of halogens is 1. The summed E-state index contributed by atoms with van der Waals surface area (Å²) in [5.41, 5.74) is 1.42. The van der Waals surface area contributed by atoms with Crippen LogP contribution < -0.4 is 10.6 Å². The fourth-order valence-electron chi connectivity index (χ4n) is 2.04. The summed E-state index contributed by atoms with van der Waals surface area (Å²) in [4.78, 5) is 4.23. The molecule has 2 atom stereocenters. The van der Waals surface area contributed by atoms with Gasteiger partial charge in [0.1, 0.15) is 0 Å². The van der Waals surface area contributed by atoms with Gasteiger partial charge in [-0.3, -0.25) is 4.99 Å². The largest absolute Gasteiger partial charge is 0.354 e. The Bertz CT molecular complexity index is 389. The molecule has 2 N–H and O–H groups in total. The molecule has 1 saturated carbocycles. The second kappa shape index (κ2) is 6.97. The van der Waals surface area contributed by atoms with E-state index in [2.05, 4.69) is 59.8 Å². The van der Waals surface area contributed by atoms with Gasteiger partial charge in [0.05, 0.1) is 0 Å². The van der Waals surface area contributed by atoms with E-state index in [0.717, 1.165) is 5.96 Å². The first-order chi connectivity index (χ1) is 8.20. The molecule has 2 unspecified atom stereocenters. The van der Waals surface area contributed by atoms with E-state index in [1.54, 1.807) is 0 Å². The summed E-state index contributed by atoms with van der Waals surface area (Å²) in [5, 5.41) is 6.77. The molecule has 1 aromatic rings. The molecule has 0 spiro atoms. The lowest BCUT2D eigenvalue weighted by Gasteiger charge is -2.14. The third-order valence-corrected chi connectivity index (χ3v) is 2.99. The Morgan fingerprint density at radius 1 is 1.28 bits per heavy atom. The van der Waals surface area contributed by atoms with Crippen molar-refractivity contribution < 1.29 is 0 Å². The average molecular weight is 359 g/mol. The van der Waals surface area contributed by atoms with E-state index in [4.69, 9.17) is 0 Å². The molecule has 3 nitrogen and oxygen atoms in total. The first-order valence-corrected chi connectivity index (χ1v) is 6.25. The van der Waals surface area contributed by atoms with Gasteiger partial charge in [-0.1, -0.05) is 30.3 Å². The zero-order valence-corrected chi connectivity index (χ0v) is 13.5. The predicted molar refractivity (Wildman–Crippen MR) is 87.8 cm³/mol. The van der Waals surface area contributed by atoms with E-state index in [-0.39, 0.29) is 24.0 Å². The van der Waals surface area contributed by atoms with Crippen molar-refractivity contribution in [1.29, 1.82) is 0 Å². The average Bonchev–Trinajstić information content (AvgIpc) is 3.08. The zero-order chi connectivity index (χ0) is 12.3. The summed E-state index contributed by atoms with van der Waals surface area (Å²) in [5.74, 6) is 1.55. The van der Waals surface area contributed by atoms with Crippen LogP contribution in [0.5, 0.6) is 0 Å². The molecule has 1 aliphatic carbocycles. The zero-order valence-electron chi connectivity index (χ0n) is 11.2. The number of nitrogens with one attached hydrogen (secondary N) is 2. The molecule has 0 amide bonds. The Hall–Kier alpha value is -0.780. The highest BCUT2D eigenvalue weighted by Crippen LogP contribution is 2.40. The standard InChI is InChI=1S/C14H21N3.HI/c1-10(2)16-14(15-3)17-13-9-12(13)11-7-5-4-6-8-11;/h4-8,10,12-13H,9H2,1-3H3,(H2,15,16,17);1H. The minimum Gasteiger partial charge on any atom is -0.354 e. The molecular formula is C14H22IN3. The second-order valence-electron chi connectivity index (χ2n) is 4.87. The van der Waals surface area contributed by atoms with Crippen molar-refractivity contribution in [3.63, 3.8) is 0 Å². The number of aliphatic imine (C=N–C) groups is 1. The van der Waals surface area contributed by atoms with Crippen LogP contribution in [-0.2, 0) is 0 Å². The molecule has 2 rings (SSSR count). The van der Waals surface area contributed by atoms with Crippen LogP contribution in [0.3, 0.4) is 0 Å².